The SMILES string of the molecule is CCS(=O)(=O)N1CCCC(c2nnc(C(=O)Nc3cccc(Cl)c3)s2)C1. The molecule has 0 aliphatic carbocycles. The highest BCUT2D eigenvalue weighted by Crippen LogP contribution is 2.30. The Hall–Kier alpha value is -1.55. The molecule has 1 aromatic carbocycles. The van der Waals surface area contributed by atoms with Crippen LogP contribution in [0.3, 0.4) is 0 Å². The molecule has 1 saturated heterocycles. The molecule has 1 fully saturated rings. The van der Waals surface area contributed by atoms with Gasteiger partial charge in [-0.05, 0) is 38.0 Å². The van der Waals surface area contributed by atoms with Gasteiger partial charge in [-0.15, -0.1) is 10.2 Å². The first kappa shape index (κ1) is 19.2. The molecule has 3 rings (SSSR count). The number of hydrogen-bond donors (Lipinski definition) is 1. The van der Waals surface area contributed by atoms with Gasteiger partial charge in [-0.2, -0.15) is 0 Å². The molecule has 0 radical (unpaired) electrons. The zero-order chi connectivity index (χ0) is 18.7. The lowest BCUT2D eigenvalue weighted by Crippen LogP contribution is -2.39. The van der Waals surface area contributed by atoms with E-state index in [4.69, 9.17) is 11.6 Å². The molecule has 2 aromatic rings. The van der Waals surface area contributed by atoms with Gasteiger partial charge < -0.3 is 5.32 Å². The summed E-state index contributed by atoms with van der Waals surface area (Å²) in [6.07, 6.45) is 1.60. The topological polar surface area (TPSA) is 92.3 Å². The predicted octanol–water partition coefficient (Wildman–Crippen LogP) is 2.97. The smallest absolute Gasteiger partial charge is 0.286 e. The molecule has 0 saturated carbocycles. The fourth-order valence-corrected chi connectivity index (χ4v) is 5.06. The zero-order valence-electron chi connectivity index (χ0n) is 14.2. The van der Waals surface area contributed by atoms with Crippen LogP contribution in [0, 0.1) is 0 Å². The average molecular weight is 415 g/mol. The number of aromatic nitrogens is 2. The minimum atomic E-state index is -3.22. The first-order valence-corrected chi connectivity index (χ1v) is 11.1. The maximum atomic E-state index is 12.3. The molecule has 26 heavy (non-hydrogen) atoms. The summed E-state index contributed by atoms with van der Waals surface area (Å²) < 4.78 is 25.7. The van der Waals surface area contributed by atoms with Gasteiger partial charge in [0.1, 0.15) is 5.01 Å². The molecule has 7 nitrogen and oxygen atoms in total. The third-order valence-corrected chi connectivity index (χ3v) is 7.38. The van der Waals surface area contributed by atoms with Crippen LogP contribution in [0.25, 0.3) is 0 Å². The zero-order valence-corrected chi connectivity index (χ0v) is 16.6. The Morgan fingerprint density at radius 2 is 2.23 bits per heavy atom. The van der Waals surface area contributed by atoms with E-state index in [1.54, 1.807) is 31.2 Å². The Balaban J connectivity index is 1.70. The second kappa shape index (κ2) is 7.99. The maximum Gasteiger partial charge on any atom is 0.286 e. The summed E-state index contributed by atoms with van der Waals surface area (Å²) >= 11 is 7.11. The number of halogens is 1. The van der Waals surface area contributed by atoms with Gasteiger partial charge in [0.15, 0.2) is 0 Å². The third-order valence-electron chi connectivity index (χ3n) is 4.21. The van der Waals surface area contributed by atoms with Crippen LogP contribution in [0.2, 0.25) is 5.02 Å². The first-order chi connectivity index (χ1) is 12.4. The summed E-state index contributed by atoms with van der Waals surface area (Å²) in [4.78, 5) is 12.3. The van der Waals surface area contributed by atoms with Crippen molar-refractivity contribution in [2.75, 3.05) is 24.2 Å². The normalized spacial score (nSPS) is 18.6. The van der Waals surface area contributed by atoms with E-state index in [0.29, 0.717) is 28.8 Å². The van der Waals surface area contributed by atoms with Gasteiger partial charge in [-0.25, -0.2) is 12.7 Å². The van der Waals surface area contributed by atoms with E-state index < -0.39 is 10.0 Å². The summed E-state index contributed by atoms with van der Waals surface area (Å²) in [5.41, 5.74) is 0.581. The largest absolute Gasteiger partial charge is 0.320 e. The Labute approximate surface area is 161 Å². The molecule has 140 valence electrons. The fourth-order valence-electron chi connectivity index (χ4n) is 2.82. The molecule has 1 aromatic heterocycles. The standard InChI is InChI=1S/C16H19ClN4O3S2/c1-2-26(23,24)21-8-4-5-11(10-21)15-19-20-16(25-15)14(22)18-13-7-3-6-12(17)9-13/h3,6-7,9,11H,2,4-5,8,10H2,1H3,(H,18,22). The number of carbonyl (C=O) groups is 1. The van der Waals surface area contributed by atoms with Crippen molar-refractivity contribution in [3.63, 3.8) is 0 Å². The number of piperidine rings is 1. The first-order valence-electron chi connectivity index (χ1n) is 8.27. The molecule has 1 N–H and O–H groups in total. The minimum Gasteiger partial charge on any atom is -0.320 e. The van der Waals surface area contributed by atoms with Crippen LogP contribution in [-0.2, 0) is 10.0 Å². The highest BCUT2D eigenvalue weighted by atomic mass is 35.5. The molecule has 1 atom stereocenters. The molecule has 1 aliphatic heterocycles. The second-order valence-electron chi connectivity index (χ2n) is 6.01. The average Bonchev–Trinajstić information content (AvgIpc) is 3.12. The maximum absolute atomic E-state index is 12.3. The highest BCUT2D eigenvalue weighted by Gasteiger charge is 2.30. The number of nitrogens with zero attached hydrogens (tertiary/aromatic N) is 3. The van der Waals surface area contributed by atoms with Crippen LogP contribution in [0.1, 0.15) is 40.5 Å². The van der Waals surface area contributed by atoms with E-state index >= 15 is 0 Å². The van der Waals surface area contributed by atoms with E-state index in [-0.39, 0.29) is 22.6 Å². The van der Waals surface area contributed by atoms with Crippen molar-refractivity contribution in [3.8, 4) is 0 Å². The molecular weight excluding hydrogens is 396 g/mol. The van der Waals surface area contributed by atoms with Gasteiger partial charge in [-0.1, -0.05) is 29.0 Å². The van der Waals surface area contributed by atoms with Crippen molar-refractivity contribution in [1.82, 2.24) is 14.5 Å². The quantitative estimate of drug-likeness (QED) is 0.811. The summed E-state index contributed by atoms with van der Waals surface area (Å²) in [5.74, 6) is -0.302. The van der Waals surface area contributed by atoms with Gasteiger partial charge in [0.25, 0.3) is 5.91 Å². The molecule has 0 bridgehead atoms. The molecule has 1 aliphatic rings. The van der Waals surface area contributed by atoms with Gasteiger partial charge in [0.05, 0.1) is 5.75 Å². The Kier molecular flexibility index (Phi) is 5.91. The molecular formula is C16H19ClN4O3S2. The van der Waals surface area contributed by atoms with E-state index in [1.807, 2.05) is 0 Å². The number of amides is 1. The number of sulfonamides is 1. The summed E-state index contributed by atoms with van der Waals surface area (Å²) in [6, 6.07) is 6.85. The van der Waals surface area contributed by atoms with Gasteiger partial charge in [0.2, 0.25) is 15.0 Å². The van der Waals surface area contributed by atoms with Crippen molar-refractivity contribution in [2.24, 2.45) is 0 Å². The van der Waals surface area contributed by atoms with Crippen molar-refractivity contribution in [3.05, 3.63) is 39.3 Å². The van der Waals surface area contributed by atoms with Crippen LogP contribution in [0.4, 0.5) is 5.69 Å². The lowest BCUT2D eigenvalue weighted by atomic mass is 10.0. The van der Waals surface area contributed by atoms with Crippen LogP contribution in [0.15, 0.2) is 24.3 Å². The van der Waals surface area contributed by atoms with Gasteiger partial charge >= 0.3 is 0 Å². The lowest BCUT2D eigenvalue weighted by Gasteiger charge is -2.30. The fraction of sp³-hybridized carbons (Fsp3) is 0.438. The third kappa shape index (κ3) is 4.40. The lowest BCUT2D eigenvalue weighted by molar-refractivity contribution is 0.102. The summed E-state index contributed by atoms with van der Waals surface area (Å²) in [5, 5.41) is 12.3. The van der Waals surface area contributed by atoms with Crippen LogP contribution in [0.5, 0.6) is 0 Å². The molecule has 1 amide bonds. The van der Waals surface area contributed by atoms with Gasteiger partial charge in [0, 0.05) is 29.7 Å². The van der Waals surface area contributed by atoms with E-state index in [0.717, 1.165) is 12.8 Å². The monoisotopic (exact) mass is 414 g/mol. The molecule has 1 unspecified atom stereocenters. The number of hydrogen-bond acceptors (Lipinski definition) is 6. The van der Waals surface area contributed by atoms with E-state index in [2.05, 4.69) is 15.5 Å². The van der Waals surface area contributed by atoms with Crippen LogP contribution in [-0.4, -0.2) is 47.7 Å². The van der Waals surface area contributed by atoms with Crippen molar-refractivity contribution in [2.45, 2.75) is 25.7 Å². The molecule has 2 heterocycles. The second-order valence-corrected chi connectivity index (χ2v) is 9.71. The molecule has 0 spiro atoms. The van der Waals surface area contributed by atoms with Crippen LogP contribution < -0.4 is 5.32 Å². The minimum absolute atomic E-state index is 0.0321. The van der Waals surface area contributed by atoms with E-state index in [9.17, 15) is 13.2 Å². The highest BCUT2D eigenvalue weighted by molar-refractivity contribution is 7.89. The number of nitrogens with one attached hydrogen (secondary N) is 1. The summed E-state index contributed by atoms with van der Waals surface area (Å²) in [7, 11) is -3.22. The summed E-state index contributed by atoms with van der Waals surface area (Å²) in [6.45, 7) is 2.57. The molecule has 10 heteroatoms. The number of benzene rings is 1. The Morgan fingerprint density at radius 3 is 2.96 bits per heavy atom. The van der Waals surface area contributed by atoms with Crippen LogP contribution >= 0.6 is 22.9 Å². The number of rotatable bonds is 5. The number of carbonyl (C=O) groups excluding carboxylic acids is 1. The van der Waals surface area contributed by atoms with Crippen molar-refractivity contribution < 1.29 is 13.2 Å². The Bertz CT molecular complexity index is 900. The van der Waals surface area contributed by atoms with Crippen molar-refractivity contribution >= 4 is 44.6 Å². The number of anilines is 1. The van der Waals surface area contributed by atoms with Crippen molar-refractivity contribution in [1.29, 1.82) is 0 Å². The predicted molar refractivity (Wildman–Crippen MR) is 102 cm³/mol. The van der Waals surface area contributed by atoms with E-state index in [1.165, 1.54) is 15.6 Å². The Morgan fingerprint density at radius 1 is 1.42 bits per heavy atom. The van der Waals surface area contributed by atoms with Gasteiger partial charge in [-0.3, -0.25) is 4.79 Å².